The fourth-order valence-electron chi connectivity index (χ4n) is 5.18. The van der Waals surface area contributed by atoms with Crippen LogP contribution in [0.15, 0.2) is 70.6 Å². The molecule has 2 heterocycles. The number of benzene rings is 2. The molecule has 8 heteroatoms. The van der Waals surface area contributed by atoms with Crippen LogP contribution >= 0.6 is 0 Å². The number of halogens is 1. The van der Waals surface area contributed by atoms with Crippen LogP contribution in [0.4, 0.5) is 10.2 Å². The molecule has 0 amide bonds. The van der Waals surface area contributed by atoms with Crippen molar-refractivity contribution in [2.45, 2.75) is 42.3 Å². The summed E-state index contributed by atoms with van der Waals surface area (Å²) < 4.78 is 38.9. The van der Waals surface area contributed by atoms with Gasteiger partial charge >= 0.3 is 0 Å². The molecule has 6 nitrogen and oxygen atoms in total. The van der Waals surface area contributed by atoms with Gasteiger partial charge in [-0.3, -0.25) is 4.90 Å². The van der Waals surface area contributed by atoms with Crippen LogP contribution in [0.1, 0.15) is 24.0 Å². The Bertz CT molecular complexity index is 1220. The number of nitrogens with zero attached hydrogens (tertiary/aromatic N) is 3. The number of fused-ring (bicyclic) bond motifs is 1. The molecule has 1 saturated heterocycles. The normalized spacial score (nSPS) is 22.9. The summed E-state index contributed by atoms with van der Waals surface area (Å²) in [5, 5.41) is 11.5. The molecule has 0 radical (unpaired) electrons. The van der Waals surface area contributed by atoms with E-state index >= 15 is 0 Å². The molecule has 1 aliphatic heterocycles. The highest BCUT2D eigenvalue weighted by Gasteiger charge is 2.40. The van der Waals surface area contributed by atoms with E-state index in [1.165, 1.54) is 6.07 Å². The van der Waals surface area contributed by atoms with Crippen molar-refractivity contribution >= 4 is 15.7 Å². The van der Waals surface area contributed by atoms with Crippen LogP contribution in [0, 0.1) is 24.6 Å². The predicted molar refractivity (Wildman–Crippen MR) is 124 cm³/mol. The van der Waals surface area contributed by atoms with E-state index in [2.05, 4.69) is 20.4 Å². The van der Waals surface area contributed by atoms with E-state index in [1.807, 2.05) is 12.1 Å². The highest BCUT2D eigenvalue weighted by atomic mass is 32.2. The topological polar surface area (TPSA) is 75.2 Å². The first-order chi connectivity index (χ1) is 15.9. The average molecular weight is 467 g/mol. The smallest absolute Gasteiger partial charge is 0.225 e. The Labute approximate surface area is 193 Å². The Balaban J connectivity index is 1.16. The van der Waals surface area contributed by atoms with Gasteiger partial charge in [-0.1, -0.05) is 30.3 Å². The number of hydrogen-bond acceptors (Lipinski definition) is 6. The van der Waals surface area contributed by atoms with Gasteiger partial charge in [-0.2, -0.15) is 0 Å². The molecule has 2 aromatic carbocycles. The molecule has 1 saturated carbocycles. The lowest BCUT2D eigenvalue weighted by molar-refractivity contribution is 0.301. The minimum absolute atomic E-state index is 0.0470. The van der Waals surface area contributed by atoms with Crippen molar-refractivity contribution in [1.82, 2.24) is 15.1 Å². The van der Waals surface area contributed by atoms with Crippen LogP contribution in [0.25, 0.3) is 0 Å². The largest absolute Gasteiger partial charge is 0.366 e. The maximum atomic E-state index is 13.5. The SMILES string of the molecule is Cc1cc(CN2C[C@H]3C[C@H](Nc4ccc(S(=O)(=O)c5ccccc5)nn4)C[C@H]3C2)ccc1F. The van der Waals surface area contributed by atoms with Gasteiger partial charge in [0, 0.05) is 25.7 Å². The van der Waals surface area contributed by atoms with E-state index in [1.54, 1.807) is 49.4 Å². The van der Waals surface area contributed by atoms with Gasteiger partial charge in [-0.05, 0) is 73.1 Å². The zero-order valence-corrected chi connectivity index (χ0v) is 19.3. The summed E-state index contributed by atoms with van der Waals surface area (Å²) in [5.74, 6) is 1.69. The van der Waals surface area contributed by atoms with Crippen molar-refractivity contribution in [3.05, 3.63) is 77.6 Å². The summed E-state index contributed by atoms with van der Waals surface area (Å²) in [6, 6.07) is 17.2. The van der Waals surface area contributed by atoms with Crippen molar-refractivity contribution in [2.24, 2.45) is 11.8 Å². The molecule has 172 valence electrons. The Kier molecular flexibility index (Phi) is 5.88. The maximum absolute atomic E-state index is 13.5. The van der Waals surface area contributed by atoms with Gasteiger partial charge in [0.05, 0.1) is 4.90 Å². The fraction of sp³-hybridized carbons (Fsp3) is 0.360. The van der Waals surface area contributed by atoms with Crippen molar-refractivity contribution in [3.8, 4) is 0 Å². The molecule has 1 aliphatic carbocycles. The maximum Gasteiger partial charge on any atom is 0.225 e. The molecule has 3 atom stereocenters. The van der Waals surface area contributed by atoms with E-state index in [9.17, 15) is 12.8 Å². The Morgan fingerprint density at radius 1 is 1.00 bits per heavy atom. The van der Waals surface area contributed by atoms with Crippen molar-refractivity contribution < 1.29 is 12.8 Å². The van der Waals surface area contributed by atoms with Crippen LogP contribution in [0.5, 0.6) is 0 Å². The zero-order valence-electron chi connectivity index (χ0n) is 18.5. The van der Waals surface area contributed by atoms with E-state index in [-0.39, 0.29) is 15.7 Å². The Hall–Kier alpha value is -2.84. The highest BCUT2D eigenvalue weighted by Crippen LogP contribution is 2.39. The monoisotopic (exact) mass is 466 g/mol. The summed E-state index contributed by atoms with van der Waals surface area (Å²) in [6.07, 6.45) is 2.10. The third-order valence-corrected chi connectivity index (χ3v) is 8.44. The van der Waals surface area contributed by atoms with Gasteiger partial charge in [0.1, 0.15) is 11.6 Å². The second kappa shape index (κ2) is 8.83. The summed E-state index contributed by atoms with van der Waals surface area (Å²) in [4.78, 5) is 2.67. The number of hydrogen-bond donors (Lipinski definition) is 1. The summed E-state index contributed by atoms with van der Waals surface area (Å²) in [7, 11) is -3.66. The highest BCUT2D eigenvalue weighted by molar-refractivity contribution is 7.91. The molecule has 33 heavy (non-hydrogen) atoms. The summed E-state index contributed by atoms with van der Waals surface area (Å²) in [5.41, 5.74) is 1.85. The molecular weight excluding hydrogens is 439 g/mol. The van der Waals surface area contributed by atoms with Crippen LogP contribution in [0.2, 0.25) is 0 Å². The summed E-state index contributed by atoms with van der Waals surface area (Å²) >= 11 is 0. The van der Waals surface area contributed by atoms with Gasteiger partial charge in [0.25, 0.3) is 0 Å². The van der Waals surface area contributed by atoms with E-state index < -0.39 is 9.84 Å². The number of aryl methyl sites for hydroxylation is 1. The van der Waals surface area contributed by atoms with E-state index in [4.69, 9.17) is 0 Å². The molecule has 2 fully saturated rings. The second-order valence-corrected chi connectivity index (χ2v) is 11.1. The number of likely N-dealkylation sites (tertiary alicyclic amines) is 1. The van der Waals surface area contributed by atoms with Gasteiger partial charge in [-0.25, -0.2) is 12.8 Å². The molecular formula is C25H27FN4O2S. The molecule has 2 aliphatic rings. The second-order valence-electron chi connectivity index (χ2n) is 9.18. The van der Waals surface area contributed by atoms with Gasteiger partial charge < -0.3 is 5.32 Å². The quantitative estimate of drug-likeness (QED) is 0.590. The first kappa shape index (κ1) is 22.0. The number of anilines is 1. The lowest BCUT2D eigenvalue weighted by Gasteiger charge is -2.20. The average Bonchev–Trinajstić information content (AvgIpc) is 3.35. The first-order valence-corrected chi connectivity index (χ1v) is 12.7. The van der Waals surface area contributed by atoms with Crippen LogP contribution in [-0.4, -0.2) is 42.6 Å². The standard InChI is InChI=1S/C25H27FN4O2S/c1-17-11-18(7-8-23(17)26)14-30-15-19-12-21(13-20(19)16-30)27-24-9-10-25(29-28-24)33(31,32)22-5-3-2-4-6-22/h2-11,19-21H,12-16H2,1H3,(H,27,28)/t19-,20+,21+. The molecule has 1 N–H and O–H groups in total. The van der Waals surface area contributed by atoms with E-state index in [0.29, 0.717) is 29.3 Å². The van der Waals surface area contributed by atoms with Crippen molar-refractivity contribution in [1.29, 1.82) is 0 Å². The van der Waals surface area contributed by atoms with Gasteiger partial charge in [0.2, 0.25) is 9.84 Å². The number of aromatic nitrogens is 2. The first-order valence-electron chi connectivity index (χ1n) is 11.3. The van der Waals surface area contributed by atoms with E-state index in [0.717, 1.165) is 38.0 Å². The van der Waals surface area contributed by atoms with Crippen LogP contribution in [-0.2, 0) is 16.4 Å². The molecule has 5 rings (SSSR count). The molecule has 3 aromatic rings. The molecule has 0 spiro atoms. The molecule has 0 unspecified atom stereocenters. The minimum Gasteiger partial charge on any atom is -0.366 e. The number of nitrogens with one attached hydrogen (secondary N) is 1. The molecule has 0 bridgehead atoms. The third kappa shape index (κ3) is 4.63. The van der Waals surface area contributed by atoms with Gasteiger partial charge in [0.15, 0.2) is 5.03 Å². The predicted octanol–water partition coefficient (Wildman–Crippen LogP) is 4.08. The third-order valence-electron chi connectivity index (χ3n) is 6.78. The Morgan fingerprint density at radius 2 is 1.73 bits per heavy atom. The van der Waals surface area contributed by atoms with Crippen molar-refractivity contribution in [2.75, 3.05) is 18.4 Å². The van der Waals surface area contributed by atoms with Crippen LogP contribution < -0.4 is 5.32 Å². The lowest BCUT2D eigenvalue weighted by Crippen LogP contribution is -2.25. The van der Waals surface area contributed by atoms with Crippen molar-refractivity contribution in [3.63, 3.8) is 0 Å². The van der Waals surface area contributed by atoms with Crippen LogP contribution in [0.3, 0.4) is 0 Å². The number of rotatable bonds is 6. The molecule has 1 aromatic heterocycles. The summed E-state index contributed by atoms with van der Waals surface area (Å²) in [6.45, 7) is 4.74. The Morgan fingerprint density at radius 3 is 2.36 bits per heavy atom. The number of sulfone groups is 1. The fourth-order valence-corrected chi connectivity index (χ4v) is 6.33. The van der Waals surface area contributed by atoms with Gasteiger partial charge in [-0.15, -0.1) is 10.2 Å². The minimum atomic E-state index is -3.66. The lowest BCUT2D eigenvalue weighted by atomic mass is 10.0. The zero-order chi connectivity index (χ0) is 23.0.